The van der Waals surface area contributed by atoms with Gasteiger partial charge in [0.25, 0.3) is 0 Å². The largest absolute Gasteiger partial charge is 0.489 e. The van der Waals surface area contributed by atoms with Crippen molar-refractivity contribution in [1.82, 2.24) is 10.2 Å². The zero-order valence-electron chi connectivity index (χ0n) is 14.8. The lowest BCUT2D eigenvalue weighted by molar-refractivity contribution is 0.0382. The van der Waals surface area contributed by atoms with Crippen LogP contribution < -0.4 is 10.1 Å². The van der Waals surface area contributed by atoms with E-state index in [4.69, 9.17) is 9.47 Å². The van der Waals surface area contributed by atoms with Crippen molar-refractivity contribution in [2.75, 3.05) is 39.4 Å². The van der Waals surface area contributed by atoms with Crippen LogP contribution in [-0.4, -0.2) is 44.3 Å². The predicted molar refractivity (Wildman–Crippen MR) is 99.1 cm³/mol. The van der Waals surface area contributed by atoms with E-state index in [1.807, 2.05) is 0 Å². The molecule has 4 nitrogen and oxygen atoms in total. The SMILES string of the molecule is Cc1ccc2c(c1)C(NCCN1CCOCC1)c1ccccc1CO2. The zero-order chi connectivity index (χ0) is 17.1. The van der Waals surface area contributed by atoms with Crippen LogP contribution in [0.5, 0.6) is 5.75 Å². The second kappa shape index (κ2) is 7.56. The standard InChI is InChI=1S/C21H26N2O2/c1-16-6-7-20-19(14-16)21(18-5-3-2-4-17(18)15-25-20)22-8-9-23-10-12-24-13-11-23/h2-7,14,21-22H,8-13,15H2,1H3. The van der Waals surface area contributed by atoms with E-state index in [9.17, 15) is 0 Å². The summed E-state index contributed by atoms with van der Waals surface area (Å²) in [6.07, 6.45) is 0. The van der Waals surface area contributed by atoms with Crippen molar-refractivity contribution in [3.05, 3.63) is 64.7 Å². The van der Waals surface area contributed by atoms with E-state index >= 15 is 0 Å². The van der Waals surface area contributed by atoms with Crippen molar-refractivity contribution in [1.29, 1.82) is 0 Å². The molecule has 0 amide bonds. The maximum Gasteiger partial charge on any atom is 0.124 e. The van der Waals surface area contributed by atoms with Gasteiger partial charge in [0.1, 0.15) is 12.4 Å². The normalized spacial score (nSPS) is 20.3. The molecule has 2 aromatic rings. The van der Waals surface area contributed by atoms with E-state index in [1.165, 1.54) is 22.3 Å². The van der Waals surface area contributed by atoms with Crippen molar-refractivity contribution < 1.29 is 9.47 Å². The summed E-state index contributed by atoms with van der Waals surface area (Å²) in [4.78, 5) is 2.47. The molecule has 0 aliphatic carbocycles. The first-order valence-electron chi connectivity index (χ1n) is 9.16. The molecular formula is C21H26N2O2. The average Bonchev–Trinajstić information content (AvgIpc) is 2.80. The lowest BCUT2D eigenvalue weighted by atomic mass is 9.94. The fourth-order valence-electron chi connectivity index (χ4n) is 3.71. The highest BCUT2D eigenvalue weighted by Gasteiger charge is 2.24. The van der Waals surface area contributed by atoms with E-state index in [0.717, 1.165) is 45.1 Å². The molecule has 1 atom stereocenters. The van der Waals surface area contributed by atoms with Crippen molar-refractivity contribution in [2.45, 2.75) is 19.6 Å². The van der Waals surface area contributed by atoms with E-state index in [1.54, 1.807) is 0 Å². The number of aryl methyl sites for hydroxylation is 1. The highest BCUT2D eigenvalue weighted by Crippen LogP contribution is 2.36. The van der Waals surface area contributed by atoms with E-state index in [2.05, 4.69) is 59.6 Å². The molecule has 25 heavy (non-hydrogen) atoms. The summed E-state index contributed by atoms with van der Waals surface area (Å²) in [5.41, 5.74) is 5.10. The van der Waals surface area contributed by atoms with Crippen LogP contribution in [-0.2, 0) is 11.3 Å². The average molecular weight is 338 g/mol. The van der Waals surface area contributed by atoms with Crippen molar-refractivity contribution in [2.24, 2.45) is 0 Å². The maximum atomic E-state index is 6.09. The summed E-state index contributed by atoms with van der Waals surface area (Å²) in [6.45, 7) is 8.53. The third-order valence-corrected chi connectivity index (χ3v) is 5.11. The van der Waals surface area contributed by atoms with Gasteiger partial charge in [0.2, 0.25) is 0 Å². The first-order valence-corrected chi connectivity index (χ1v) is 9.16. The van der Waals surface area contributed by atoms with Crippen LogP contribution in [0.2, 0.25) is 0 Å². The Morgan fingerprint density at radius 1 is 1.08 bits per heavy atom. The van der Waals surface area contributed by atoms with Crippen LogP contribution in [0.25, 0.3) is 0 Å². The molecule has 2 heterocycles. The second-order valence-corrected chi connectivity index (χ2v) is 6.87. The second-order valence-electron chi connectivity index (χ2n) is 6.87. The summed E-state index contributed by atoms with van der Waals surface area (Å²) >= 11 is 0. The van der Waals surface area contributed by atoms with Crippen LogP contribution in [0, 0.1) is 6.92 Å². The molecule has 2 aromatic carbocycles. The molecule has 2 aliphatic rings. The predicted octanol–water partition coefficient (Wildman–Crippen LogP) is 2.90. The van der Waals surface area contributed by atoms with Gasteiger partial charge >= 0.3 is 0 Å². The minimum atomic E-state index is 0.176. The van der Waals surface area contributed by atoms with Gasteiger partial charge in [-0.05, 0) is 24.1 Å². The minimum absolute atomic E-state index is 0.176. The first kappa shape index (κ1) is 16.6. The molecule has 1 unspecified atom stereocenters. The minimum Gasteiger partial charge on any atom is -0.489 e. The first-order chi connectivity index (χ1) is 12.3. The molecule has 0 aromatic heterocycles. The van der Waals surface area contributed by atoms with Crippen LogP contribution >= 0.6 is 0 Å². The summed E-state index contributed by atoms with van der Waals surface area (Å²) in [7, 11) is 0. The van der Waals surface area contributed by atoms with Crippen LogP contribution in [0.4, 0.5) is 0 Å². The lowest BCUT2D eigenvalue weighted by Crippen LogP contribution is -2.41. The zero-order valence-corrected chi connectivity index (χ0v) is 14.8. The Morgan fingerprint density at radius 2 is 1.92 bits per heavy atom. The molecule has 1 fully saturated rings. The van der Waals surface area contributed by atoms with E-state index in [0.29, 0.717) is 6.61 Å². The molecule has 1 N–H and O–H groups in total. The van der Waals surface area contributed by atoms with Gasteiger partial charge in [0, 0.05) is 31.7 Å². The fourth-order valence-corrected chi connectivity index (χ4v) is 3.71. The molecule has 2 aliphatic heterocycles. The molecule has 4 rings (SSSR count). The third kappa shape index (κ3) is 3.71. The number of morpholine rings is 1. The van der Waals surface area contributed by atoms with Crippen LogP contribution in [0.15, 0.2) is 42.5 Å². The molecule has 4 heteroatoms. The number of hydrogen-bond donors (Lipinski definition) is 1. The Labute approximate surface area is 149 Å². The van der Waals surface area contributed by atoms with Gasteiger partial charge in [-0.15, -0.1) is 0 Å². The quantitative estimate of drug-likeness (QED) is 0.929. The molecule has 0 spiro atoms. The summed E-state index contributed by atoms with van der Waals surface area (Å²) in [6, 6.07) is 15.3. The van der Waals surface area contributed by atoms with E-state index < -0.39 is 0 Å². The Morgan fingerprint density at radius 3 is 2.80 bits per heavy atom. The lowest BCUT2D eigenvalue weighted by Gasteiger charge is -2.28. The monoisotopic (exact) mass is 338 g/mol. The van der Waals surface area contributed by atoms with Gasteiger partial charge < -0.3 is 14.8 Å². The Hall–Kier alpha value is -1.88. The van der Waals surface area contributed by atoms with Gasteiger partial charge in [-0.2, -0.15) is 0 Å². The highest BCUT2D eigenvalue weighted by molar-refractivity contribution is 5.47. The summed E-state index contributed by atoms with van der Waals surface area (Å²) in [5, 5.41) is 3.79. The van der Waals surface area contributed by atoms with Crippen molar-refractivity contribution in [3.8, 4) is 5.75 Å². The molecular weight excluding hydrogens is 312 g/mol. The molecule has 0 saturated carbocycles. The molecule has 1 saturated heterocycles. The number of ether oxygens (including phenoxy) is 2. The smallest absolute Gasteiger partial charge is 0.124 e. The summed E-state index contributed by atoms with van der Waals surface area (Å²) < 4.78 is 11.5. The molecule has 132 valence electrons. The number of nitrogens with zero attached hydrogens (tertiary/aromatic N) is 1. The molecule has 0 radical (unpaired) electrons. The van der Waals surface area contributed by atoms with Crippen LogP contribution in [0.3, 0.4) is 0 Å². The number of nitrogens with one attached hydrogen (secondary N) is 1. The van der Waals surface area contributed by atoms with Crippen LogP contribution in [0.1, 0.15) is 28.3 Å². The third-order valence-electron chi connectivity index (χ3n) is 5.11. The Balaban J connectivity index is 1.57. The highest BCUT2D eigenvalue weighted by atomic mass is 16.5. The van der Waals surface area contributed by atoms with Gasteiger partial charge in [-0.25, -0.2) is 0 Å². The fraction of sp³-hybridized carbons (Fsp3) is 0.429. The Bertz CT molecular complexity index is 726. The van der Waals surface area contributed by atoms with Gasteiger partial charge in [0.05, 0.1) is 19.3 Å². The number of hydrogen-bond acceptors (Lipinski definition) is 4. The number of rotatable bonds is 4. The topological polar surface area (TPSA) is 33.7 Å². The van der Waals surface area contributed by atoms with Crippen molar-refractivity contribution in [3.63, 3.8) is 0 Å². The molecule has 0 bridgehead atoms. The maximum absolute atomic E-state index is 6.09. The van der Waals surface area contributed by atoms with E-state index in [-0.39, 0.29) is 6.04 Å². The van der Waals surface area contributed by atoms with Gasteiger partial charge in [-0.1, -0.05) is 42.0 Å². The van der Waals surface area contributed by atoms with Gasteiger partial charge in [0.15, 0.2) is 0 Å². The van der Waals surface area contributed by atoms with Gasteiger partial charge in [-0.3, -0.25) is 4.90 Å². The summed E-state index contributed by atoms with van der Waals surface area (Å²) in [5.74, 6) is 0.991. The number of fused-ring (bicyclic) bond motifs is 2. The van der Waals surface area contributed by atoms with Crippen molar-refractivity contribution >= 4 is 0 Å². The number of benzene rings is 2. The Kier molecular flexibility index (Phi) is 5.02.